The highest BCUT2D eigenvalue weighted by molar-refractivity contribution is 5.33. The lowest BCUT2D eigenvalue weighted by molar-refractivity contribution is 0.109. The third-order valence-corrected chi connectivity index (χ3v) is 5.44. The zero-order valence-corrected chi connectivity index (χ0v) is 14.3. The van der Waals surface area contributed by atoms with Gasteiger partial charge in [0.05, 0.1) is 12.0 Å². The van der Waals surface area contributed by atoms with Crippen molar-refractivity contribution in [3.8, 4) is 0 Å². The van der Waals surface area contributed by atoms with Gasteiger partial charge in [-0.15, -0.1) is 0 Å². The summed E-state index contributed by atoms with van der Waals surface area (Å²) in [5.74, 6) is 2.24. The predicted octanol–water partition coefficient (Wildman–Crippen LogP) is 2.98. The summed E-state index contributed by atoms with van der Waals surface area (Å²) in [6.07, 6.45) is 4.41. The van der Waals surface area contributed by atoms with Gasteiger partial charge in [-0.1, -0.05) is 35.5 Å². The van der Waals surface area contributed by atoms with Crippen molar-refractivity contribution in [2.45, 2.75) is 37.0 Å². The van der Waals surface area contributed by atoms with Gasteiger partial charge in [-0.2, -0.15) is 4.98 Å². The first kappa shape index (κ1) is 15.8. The van der Waals surface area contributed by atoms with Crippen LogP contribution < -0.4 is 0 Å². The minimum Gasteiger partial charge on any atom is -0.383 e. The quantitative estimate of drug-likeness (QED) is 0.816. The number of likely N-dealkylation sites (tertiary alicyclic amines) is 1. The van der Waals surface area contributed by atoms with E-state index in [2.05, 4.69) is 40.4 Å². The molecule has 1 aliphatic heterocycles. The summed E-state index contributed by atoms with van der Waals surface area (Å²) in [6.45, 7) is 3.82. The maximum atomic E-state index is 5.78. The Bertz CT molecular complexity index is 658. The molecule has 24 heavy (non-hydrogen) atoms. The largest absolute Gasteiger partial charge is 0.383 e. The Kier molecular flexibility index (Phi) is 4.37. The third-order valence-electron chi connectivity index (χ3n) is 5.44. The fourth-order valence-electron chi connectivity index (χ4n) is 3.70. The third kappa shape index (κ3) is 2.98. The molecule has 5 nitrogen and oxygen atoms in total. The summed E-state index contributed by atoms with van der Waals surface area (Å²) in [4.78, 5) is 7.27. The molecule has 5 heteroatoms. The fourth-order valence-corrected chi connectivity index (χ4v) is 3.70. The molecule has 2 fully saturated rings. The van der Waals surface area contributed by atoms with E-state index in [1.165, 1.54) is 18.4 Å². The Balaban J connectivity index is 1.61. The van der Waals surface area contributed by atoms with Crippen molar-refractivity contribution in [1.82, 2.24) is 15.0 Å². The van der Waals surface area contributed by atoms with Crippen molar-refractivity contribution >= 4 is 0 Å². The number of rotatable bonds is 6. The van der Waals surface area contributed by atoms with Crippen LogP contribution in [0.2, 0.25) is 0 Å². The summed E-state index contributed by atoms with van der Waals surface area (Å²) < 4.78 is 11.0. The molecule has 2 aliphatic rings. The van der Waals surface area contributed by atoms with Gasteiger partial charge in [0.25, 0.3) is 0 Å². The maximum absolute atomic E-state index is 5.78. The number of aromatic nitrogens is 2. The molecule has 0 N–H and O–H groups in total. The normalized spacial score (nSPS) is 21.0. The lowest BCUT2D eigenvalue weighted by Gasteiger charge is -2.39. The Morgan fingerprint density at radius 1 is 1.21 bits per heavy atom. The van der Waals surface area contributed by atoms with Gasteiger partial charge in [-0.3, -0.25) is 0 Å². The van der Waals surface area contributed by atoms with Crippen LogP contribution >= 0.6 is 0 Å². The van der Waals surface area contributed by atoms with Crippen LogP contribution in [0.25, 0.3) is 0 Å². The van der Waals surface area contributed by atoms with Crippen LogP contribution in [0, 0.1) is 0 Å². The molecule has 1 saturated heterocycles. The van der Waals surface area contributed by atoms with E-state index in [0.717, 1.165) is 50.8 Å². The number of ether oxygens (including phenoxy) is 1. The number of methoxy groups -OCH3 is 1. The molecular weight excluding hydrogens is 302 g/mol. The predicted molar refractivity (Wildman–Crippen MR) is 91.0 cm³/mol. The van der Waals surface area contributed by atoms with Crippen molar-refractivity contribution < 1.29 is 9.26 Å². The molecule has 1 aliphatic carbocycles. The van der Waals surface area contributed by atoms with E-state index in [1.54, 1.807) is 7.11 Å². The molecule has 2 heterocycles. The van der Waals surface area contributed by atoms with Crippen molar-refractivity contribution in [2.24, 2.45) is 0 Å². The van der Waals surface area contributed by atoms with Gasteiger partial charge in [0, 0.05) is 19.6 Å². The monoisotopic (exact) mass is 327 g/mol. The van der Waals surface area contributed by atoms with E-state index in [-0.39, 0.29) is 5.41 Å². The van der Waals surface area contributed by atoms with Gasteiger partial charge in [0.1, 0.15) is 0 Å². The Labute approximate surface area is 143 Å². The van der Waals surface area contributed by atoms with E-state index in [9.17, 15) is 0 Å². The molecule has 0 spiro atoms. The second kappa shape index (κ2) is 6.65. The highest BCUT2D eigenvalue weighted by Crippen LogP contribution is 2.43. The summed E-state index contributed by atoms with van der Waals surface area (Å²) in [5, 5.41) is 4.27. The molecule has 128 valence electrons. The van der Waals surface area contributed by atoms with Gasteiger partial charge in [0.15, 0.2) is 5.82 Å². The van der Waals surface area contributed by atoms with E-state index in [0.29, 0.717) is 5.92 Å². The zero-order valence-electron chi connectivity index (χ0n) is 14.3. The molecule has 4 rings (SSSR count). The molecule has 1 aromatic heterocycles. The second-order valence-electron chi connectivity index (χ2n) is 7.01. The summed E-state index contributed by atoms with van der Waals surface area (Å²) in [6, 6.07) is 10.7. The Hall–Kier alpha value is -1.72. The van der Waals surface area contributed by atoms with Gasteiger partial charge >= 0.3 is 0 Å². The Morgan fingerprint density at radius 2 is 1.96 bits per heavy atom. The lowest BCUT2D eigenvalue weighted by atomic mass is 9.72. The summed E-state index contributed by atoms with van der Waals surface area (Å²) in [5.41, 5.74) is 1.15. The first-order valence-corrected chi connectivity index (χ1v) is 8.93. The molecule has 0 atom stereocenters. The first-order chi connectivity index (χ1) is 11.8. The topological polar surface area (TPSA) is 51.4 Å². The van der Waals surface area contributed by atoms with Gasteiger partial charge < -0.3 is 14.2 Å². The van der Waals surface area contributed by atoms with Crippen molar-refractivity contribution in [2.75, 3.05) is 33.4 Å². The van der Waals surface area contributed by atoms with Gasteiger partial charge in [-0.25, -0.2) is 0 Å². The highest BCUT2D eigenvalue weighted by atomic mass is 16.5. The molecule has 2 aromatic rings. The number of benzene rings is 1. The minimum atomic E-state index is -0.148. The van der Waals surface area contributed by atoms with Gasteiger partial charge in [-0.05, 0) is 44.3 Å². The van der Waals surface area contributed by atoms with Crippen LogP contribution in [0.3, 0.4) is 0 Å². The SMILES string of the molecule is COCCN1CCC(c2ccccc2)(c2nc(C3CC3)no2)CC1. The van der Waals surface area contributed by atoms with Gasteiger partial charge in [0.2, 0.25) is 5.89 Å². The second-order valence-corrected chi connectivity index (χ2v) is 7.01. The molecule has 0 radical (unpaired) electrons. The van der Waals surface area contributed by atoms with E-state index < -0.39 is 0 Å². The number of hydrogen-bond acceptors (Lipinski definition) is 5. The first-order valence-electron chi connectivity index (χ1n) is 8.93. The van der Waals surface area contributed by atoms with Crippen molar-refractivity contribution in [1.29, 1.82) is 0 Å². The Morgan fingerprint density at radius 3 is 2.62 bits per heavy atom. The fraction of sp³-hybridized carbons (Fsp3) is 0.579. The van der Waals surface area contributed by atoms with E-state index in [1.807, 2.05) is 0 Å². The average molecular weight is 327 g/mol. The number of piperidine rings is 1. The van der Waals surface area contributed by atoms with Crippen LogP contribution in [-0.4, -0.2) is 48.4 Å². The number of nitrogens with zero attached hydrogens (tertiary/aromatic N) is 3. The summed E-state index contributed by atoms with van der Waals surface area (Å²) >= 11 is 0. The zero-order chi connectivity index (χ0) is 16.4. The van der Waals surface area contributed by atoms with Crippen LogP contribution in [0.15, 0.2) is 34.9 Å². The molecule has 0 amide bonds. The van der Waals surface area contributed by atoms with Crippen LogP contribution in [0.1, 0.15) is 48.9 Å². The van der Waals surface area contributed by atoms with Crippen LogP contribution in [0.4, 0.5) is 0 Å². The molecule has 0 unspecified atom stereocenters. The van der Waals surface area contributed by atoms with Crippen molar-refractivity contribution in [3.05, 3.63) is 47.6 Å². The maximum Gasteiger partial charge on any atom is 0.237 e. The number of hydrogen-bond donors (Lipinski definition) is 0. The van der Waals surface area contributed by atoms with Crippen LogP contribution in [-0.2, 0) is 10.2 Å². The molecule has 0 bridgehead atoms. The van der Waals surface area contributed by atoms with E-state index >= 15 is 0 Å². The lowest BCUT2D eigenvalue weighted by Crippen LogP contribution is -2.44. The standard InChI is InChI=1S/C19H25N3O2/c1-23-14-13-22-11-9-19(10-12-22,16-5-3-2-4-6-16)18-20-17(21-24-18)15-7-8-15/h2-6,15H,7-14H2,1H3. The minimum absolute atomic E-state index is 0.148. The van der Waals surface area contributed by atoms with Crippen molar-refractivity contribution in [3.63, 3.8) is 0 Å². The molecule has 1 aromatic carbocycles. The van der Waals surface area contributed by atoms with E-state index in [4.69, 9.17) is 14.2 Å². The summed E-state index contributed by atoms with van der Waals surface area (Å²) in [7, 11) is 1.76. The average Bonchev–Trinajstić information content (AvgIpc) is 3.38. The highest BCUT2D eigenvalue weighted by Gasteiger charge is 2.43. The smallest absolute Gasteiger partial charge is 0.237 e. The molecule has 1 saturated carbocycles. The molecular formula is C19H25N3O2. The van der Waals surface area contributed by atoms with Crippen LogP contribution in [0.5, 0.6) is 0 Å².